The molecule has 1 unspecified atom stereocenters. The molecule has 16 heteroatoms. The summed E-state index contributed by atoms with van der Waals surface area (Å²) in [5, 5.41) is 0. The van der Waals surface area contributed by atoms with Crippen LogP contribution < -0.4 is 14.1 Å². The normalized spacial score (nSPS) is 13.8. The minimum Gasteiger partial charge on any atom is -0.377 e. The molecule has 6 aromatic rings. The first kappa shape index (κ1) is 83.5. The van der Waals surface area contributed by atoms with Gasteiger partial charge in [0.05, 0.1) is 33.2 Å². The third kappa shape index (κ3) is 25.3. The van der Waals surface area contributed by atoms with Crippen molar-refractivity contribution in [1.29, 1.82) is 0 Å². The number of aromatic nitrogens is 2. The second kappa shape index (κ2) is 33.7. The second-order valence-electron chi connectivity index (χ2n) is 28.5. The molecule has 0 bridgehead atoms. The van der Waals surface area contributed by atoms with Crippen LogP contribution in [0.3, 0.4) is 0 Å². The van der Waals surface area contributed by atoms with Crippen molar-refractivity contribution in [2.75, 3.05) is 115 Å². The number of hydrogen-bond donors (Lipinski definition) is 0. The van der Waals surface area contributed by atoms with E-state index < -0.39 is 29.6 Å². The van der Waals surface area contributed by atoms with Gasteiger partial charge in [-0.3, -0.25) is 0 Å². The number of rotatable bonds is 11. The number of likely N-dealkylation sites (N-methyl/N-ethyl adjacent to an activating group) is 3. The first-order chi connectivity index (χ1) is 39.2. The molecular formula is C73H122N8O5S3. The molecule has 502 valence electrons. The van der Waals surface area contributed by atoms with Gasteiger partial charge in [0.1, 0.15) is 0 Å². The number of hydrogen-bond acceptors (Lipinski definition) is 10. The molecule has 0 radical (unpaired) electrons. The lowest BCUT2D eigenvalue weighted by Gasteiger charge is -2.34. The maximum Gasteiger partial charge on any atom is 0.243 e. The summed E-state index contributed by atoms with van der Waals surface area (Å²) < 4.78 is 66.6. The van der Waals surface area contributed by atoms with Crippen molar-refractivity contribution in [1.82, 2.24) is 23.7 Å². The Balaban J connectivity index is 0.00000108. The van der Waals surface area contributed by atoms with E-state index in [4.69, 9.17) is 0 Å². The van der Waals surface area contributed by atoms with E-state index in [1.165, 1.54) is 51.6 Å². The molecule has 2 heterocycles. The third-order valence-corrected chi connectivity index (χ3v) is 19.3. The van der Waals surface area contributed by atoms with E-state index in [1.54, 1.807) is 29.7 Å². The second-order valence-corrected chi connectivity index (χ2v) is 34.9. The van der Waals surface area contributed by atoms with E-state index in [1.807, 2.05) is 153 Å². The van der Waals surface area contributed by atoms with Crippen LogP contribution >= 0.6 is 0 Å². The molecule has 13 nitrogen and oxygen atoms in total. The van der Waals surface area contributed by atoms with Gasteiger partial charge in [0, 0.05) is 114 Å². The van der Waals surface area contributed by atoms with Crippen LogP contribution in [-0.4, -0.2) is 152 Å². The molecule has 89 heavy (non-hydrogen) atoms. The van der Waals surface area contributed by atoms with Crippen LogP contribution in [0, 0.1) is 0 Å². The number of nitrogens with zero attached hydrogens (tertiary/aromatic N) is 8. The Bertz CT molecular complexity index is 3460. The molecule has 1 fully saturated rings. The van der Waals surface area contributed by atoms with Crippen LogP contribution in [-0.2, 0) is 63.7 Å². The molecule has 0 N–H and O–H groups in total. The zero-order chi connectivity index (χ0) is 65.8. The Kier molecular flexibility index (Phi) is 31.6. The number of sulfone groups is 1. The van der Waals surface area contributed by atoms with Gasteiger partial charge in [0.2, 0.25) is 10.0 Å². The SMILES string of the molecule is C.C.C.C=S(C)(=O)N(C)c1ccccc1C(C)(C)C.CN(C)CCN(C)S(=O)(=O)c1ccccc1C(C)(C)C.CN(C)c1cccc(C(C)(C)C)c1S(C)(=O)=O.CN1CCN(c2cccc(C(C)(C)C)c2)CC1.Cn1cnc(-c2ccccc2C(C)(C)C)c1. The Hall–Kier alpha value is -5.49. The fraction of sp³-hybridized carbons (Fsp3) is 0.534. The monoisotopic (exact) mass is 1290 g/mol. The Labute approximate surface area is 546 Å². The van der Waals surface area contributed by atoms with Gasteiger partial charge < -0.3 is 28.5 Å². The highest BCUT2D eigenvalue weighted by Crippen LogP contribution is 2.37. The fourth-order valence-corrected chi connectivity index (χ4v) is 13.1. The van der Waals surface area contributed by atoms with E-state index in [0.29, 0.717) is 22.9 Å². The Morgan fingerprint density at radius 3 is 1.42 bits per heavy atom. The van der Waals surface area contributed by atoms with Crippen LogP contribution in [0.25, 0.3) is 11.3 Å². The lowest BCUT2D eigenvalue weighted by molar-refractivity contribution is 0.313. The summed E-state index contributed by atoms with van der Waals surface area (Å²) in [6.07, 6.45) is 6.83. The smallest absolute Gasteiger partial charge is 0.243 e. The molecule has 0 saturated carbocycles. The molecule has 1 aliphatic heterocycles. The highest BCUT2D eigenvalue weighted by atomic mass is 32.2. The molecular weight excluding hydrogens is 1170 g/mol. The molecule has 0 aliphatic carbocycles. The lowest BCUT2D eigenvalue weighted by Crippen LogP contribution is -2.44. The number of benzene rings is 5. The van der Waals surface area contributed by atoms with Gasteiger partial charge in [-0.2, -0.15) is 4.31 Å². The van der Waals surface area contributed by atoms with E-state index in [2.05, 4.69) is 151 Å². The summed E-state index contributed by atoms with van der Waals surface area (Å²) in [7, 11) is 6.37. The summed E-state index contributed by atoms with van der Waals surface area (Å²) in [5.41, 5.74) is 11.1. The molecule has 5 aromatic carbocycles. The zero-order valence-corrected chi connectivity index (χ0v) is 59.9. The van der Waals surface area contributed by atoms with Crippen LogP contribution in [0.4, 0.5) is 17.1 Å². The summed E-state index contributed by atoms with van der Waals surface area (Å²) in [5.74, 6) is 3.72. The highest BCUT2D eigenvalue weighted by Gasteiger charge is 2.30. The van der Waals surface area contributed by atoms with Crippen molar-refractivity contribution in [3.63, 3.8) is 0 Å². The van der Waals surface area contributed by atoms with Crippen molar-refractivity contribution < 1.29 is 21.0 Å². The average molecular weight is 1290 g/mol. The first-order valence-electron chi connectivity index (χ1n) is 29.7. The largest absolute Gasteiger partial charge is 0.377 e. The first-order valence-corrected chi connectivity index (χ1v) is 35.1. The van der Waals surface area contributed by atoms with Crippen molar-refractivity contribution in [3.05, 3.63) is 156 Å². The Morgan fingerprint density at radius 2 is 0.966 bits per heavy atom. The van der Waals surface area contributed by atoms with Crippen LogP contribution in [0.15, 0.2) is 138 Å². The molecule has 1 aromatic heterocycles. The highest BCUT2D eigenvalue weighted by molar-refractivity contribution is 8.00. The maximum atomic E-state index is 12.7. The molecule has 0 spiro atoms. The van der Waals surface area contributed by atoms with E-state index in [9.17, 15) is 21.0 Å². The minimum absolute atomic E-state index is 0. The predicted octanol–water partition coefficient (Wildman–Crippen LogP) is 15.3. The van der Waals surface area contributed by atoms with Gasteiger partial charge in [0.25, 0.3) is 0 Å². The molecule has 1 aliphatic rings. The van der Waals surface area contributed by atoms with Gasteiger partial charge in [0.15, 0.2) is 9.84 Å². The van der Waals surface area contributed by atoms with Gasteiger partial charge in [-0.15, -0.1) is 0 Å². The topological polar surface area (TPSA) is 123 Å². The summed E-state index contributed by atoms with van der Waals surface area (Å²) in [6.45, 7) is 37.9. The van der Waals surface area contributed by atoms with E-state index in [0.717, 1.165) is 41.3 Å². The quantitative estimate of drug-likeness (QED) is 0.116. The number of aryl methyl sites for hydroxylation is 1. The number of piperazine rings is 1. The molecule has 0 amide bonds. The summed E-state index contributed by atoms with van der Waals surface area (Å²) >= 11 is 0. The summed E-state index contributed by atoms with van der Waals surface area (Å²) in [6, 6.07) is 38.4. The molecule has 1 atom stereocenters. The van der Waals surface area contributed by atoms with Crippen molar-refractivity contribution in [3.8, 4) is 11.3 Å². The van der Waals surface area contributed by atoms with Gasteiger partial charge >= 0.3 is 0 Å². The fourth-order valence-electron chi connectivity index (χ4n) is 9.53. The van der Waals surface area contributed by atoms with Crippen LogP contribution in [0.1, 0.15) is 154 Å². The van der Waals surface area contributed by atoms with Gasteiger partial charge in [-0.1, -0.05) is 211 Å². The third-order valence-electron chi connectivity index (χ3n) is 14.8. The molecule has 1 saturated heterocycles. The Morgan fingerprint density at radius 1 is 0.517 bits per heavy atom. The number of imidazole rings is 1. The van der Waals surface area contributed by atoms with Gasteiger partial charge in [-0.25, -0.2) is 26.0 Å². The van der Waals surface area contributed by atoms with E-state index >= 15 is 0 Å². The van der Waals surface area contributed by atoms with Gasteiger partial charge in [-0.05, 0) is 112 Å². The van der Waals surface area contributed by atoms with Crippen molar-refractivity contribution >= 4 is 52.5 Å². The average Bonchev–Trinajstić information content (AvgIpc) is 3.61. The number of para-hydroxylation sites is 1. The minimum atomic E-state index is -3.44. The van der Waals surface area contributed by atoms with Crippen molar-refractivity contribution in [2.24, 2.45) is 7.05 Å². The summed E-state index contributed by atoms with van der Waals surface area (Å²) in [4.78, 5) is 14.0. The van der Waals surface area contributed by atoms with Crippen LogP contribution in [0.2, 0.25) is 0 Å². The number of anilines is 3. The van der Waals surface area contributed by atoms with Crippen LogP contribution in [0.5, 0.6) is 0 Å². The standard InChI is InChI=1S/C15H26N2O2S.C15H24N2.C14H18N2.C13H21NO2S.C13H21NOS.3CH4/c1-15(2,3)13-9-7-8-10-14(13)20(18,19)17(6)12-11-16(4)5;1-15(2,3)13-6-5-7-14(12-13)17-10-8-16(4)9-11-17;1-14(2,3)12-8-6-5-7-11(12)13-9-16(4)10-15-13;1-13(2,3)10-8-7-9-11(14(4)5)12(10)17(6,15)16;1-13(2,3)11-9-7-8-10-12(11)14(4)16(5,6)15;;;/h7-10H,11-12H2,1-6H3;5-7,12H,8-11H2,1-4H3;5-10H,1-4H3;7-9H,1-6H3;7-10H,5H2,1-4,6H3;3*1H4. The lowest BCUT2D eigenvalue weighted by atomic mass is 9.83. The maximum absolute atomic E-state index is 12.7. The predicted molar refractivity (Wildman–Crippen MR) is 393 cm³/mol. The zero-order valence-electron chi connectivity index (χ0n) is 57.4. The molecule has 7 rings (SSSR count). The number of sulfonamides is 1. The van der Waals surface area contributed by atoms with E-state index in [-0.39, 0.29) is 49.4 Å². The van der Waals surface area contributed by atoms with Crippen molar-refractivity contribution in [2.45, 2.75) is 163 Å².